The summed E-state index contributed by atoms with van der Waals surface area (Å²) in [6.45, 7) is 3.92. The monoisotopic (exact) mass is 435 g/mol. The number of aromatic amines is 1. The number of hydrogen-bond acceptors (Lipinski definition) is 3. The zero-order valence-electron chi connectivity index (χ0n) is 17.4. The van der Waals surface area contributed by atoms with Crippen LogP contribution < -0.4 is 5.43 Å². The van der Waals surface area contributed by atoms with Crippen LogP contribution in [0.4, 0.5) is 0 Å². The van der Waals surface area contributed by atoms with Crippen molar-refractivity contribution in [2.45, 2.75) is 32.4 Å². The fourth-order valence-corrected chi connectivity index (χ4v) is 4.90. The molecule has 0 saturated carbocycles. The topological polar surface area (TPSA) is 61.3 Å². The first-order chi connectivity index (χ1) is 15.1. The van der Waals surface area contributed by atoms with Gasteiger partial charge in [0.05, 0.1) is 11.0 Å². The van der Waals surface area contributed by atoms with Gasteiger partial charge in [-0.1, -0.05) is 41.9 Å². The molecule has 1 aliphatic heterocycles. The van der Waals surface area contributed by atoms with Crippen LogP contribution in [0.25, 0.3) is 21.8 Å². The lowest BCUT2D eigenvalue weighted by atomic mass is 9.93. The summed E-state index contributed by atoms with van der Waals surface area (Å²) >= 11 is 6.07. The van der Waals surface area contributed by atoms with Gasteiger partial charge in [-0.3, -0.25) is 9.69 Å². The van der Waals surface area contributed by atoms with Gasteiger partial charge >= 0.3 is 0 Å². The molecule has 0 radical (unpaired) electrons. The minimum absolute atomic E-state index is 0.0506. The average Bonchev–Trinajstić information content (AvgIpc) is 3.09. The fraction of sp³-hybridized carbons (Fsp3) is 0.320. The maximum Gasteiger partial charge on any atom is 0.204 e. The Morgan fingerprint density at radius 2 is 1.84 bits per heavy atom. The van der Waals surface area contributed by atoms with E-state index in [9.17, 15) is 9.90 Å². The quantitative estimate of drug-likeness (QED) is 0.456. The molecule has 2 aromatic carbocycles. The summed E-state index contributed by atoms with van der Waals surface area (Å²) < 4.78 is 1.80. The van der Waals surface area contributed by atoms with Crippen LogP contribution in [0.15, 0.2) is 59.5 Å². The van der Waals surface area contributed by atoms with E-state index in [1.54, 1.807) is 22.8 Å². The average molecular weight is 436 g/mol. The van der Waals surface area contributed by atoms with E-state index >= 15 is 0 Å². The molecule has 1 aliphatic rings. The summed E-state index contributed by atoms with van der Waals surface area (Å²) in [5.41, 5.74) is 2.54. The summed E-state index contributed by atoms with van der Waals surface area (Å²) in [7, 11) is 0. The fourth-order valence-electron chi connectivity index (χ4n) is 4.73. The lowest BCUT2D eigenvalue weighted by Gasteiger charge is -2.32. The molecule has 5 rings (SSSR count). The summed E-state index contributed by atoms with van der Waals surface area (Å²) in [6, 6.07) is 15.8. The van der Waals surface area contributed by atoms with Crippen LogP contribution in [0, 0.1) is 5.92 Å². The first-order valence-electron chi connectivity index (χ1n) is 10.9. The molecule has 0 spiro atoms. The third-order valence-electron chi connectivity index (χ3n) is 6.51. The van der Waals surface area contributed by atoms with Gasteiger partial charge in [0.25, 0.3) is 0 Å². The van der Waals surface area contributed by atoms with E-state index in [1.165, 1.54) is 5.56 Å². The lowest BCUT2D eigenvalue weighted by Crippen LogP contribution is -2.33. The van der Waals surface area contributed by atoms with Crippen molar-refractivity contribution in [1.82, 2.24) is 14.5 Å². The predicted molar refractivity (Wildman–Crippen MR) is 126 cm³/mol. The minimum Gasteiger partial charge on any atom is -0.494 e. The third-order valence-corrected chi connectivity index (χ3v) is 6.74. The molecular weight excluding hydrogens is 410 g/mol. The molecule has 2 N–H and O–H groups in total. The number of pyridine rings is 1. The number of nitrogens with one attached hydrogen (secondary N) is 1. The Labute approximate surface area is 185 Å². The number of hydrogen-bond donors (Lipinski definition) is 2. The van der Waals surface area contributed by atoms with Crippen molar-refractivity contribution < 1.29 is 5.11 Å². The van der Waals surface area contributed by atoms with Crippen molar-refractivity contribution in [2.75, 3.05) is 13.1 Å². The highest BCUT2D eigenvalue weighted by Crippen LogP contribution is 2.28. The Balaban J connectivity index is 1.26. The third kappa shape index (κ3) is 4.08. The van der Waals surface area contributed by atoms with Gasteiger partial charge in [0.2, 0.25) is 11.3 Å². The van der Waals surface area contributed by atoms with E-state index in [1.807, 2.05) is 6.20 Å². The summed E-state index contributed by atoms with van der Waals surface area (Å²) in [6.07, 6.45) is 5.16. The highest BCUT2D eigenvalue weighted by atomic mass is 35.5. The number of nitrogens with zero attached hydrogens (tertiary/aromatic N) is 2. The van der Waals surface area contributed by atoms with Gasteiger partial charge in [0.15, 0.2) is 0 Å². The van der Waals surface area contributed by atoms with Crippen LogP contribution in [0.1, 0.15) is 24.8 Å². The van der Waals surface area contributed by atoms with Crippen LogP contribution in [0.3, 0.4) is 0 Å². The first kappa shape index (κ1) is 20.2. The molecule has 31 heavy (non-hydrogen) atoms. The first-order valence-corrected chi connectivity index (χ1v) is 11.3. The summed E-state index contributed by atoms with van der Waals surface area (Å²) in [4.78, 5) is 18.6. The van der Waals surface area contributed by atoms with Gasteiger partial charge in [0.1, 0.15) is 5.39 Å². The summed E-state index contributed by atoms with van der Waals surface area (Å²) in [5.74, 6) is 0.681. The molecule has 2 aromatic heterocycles. The van der Waals surface area contributed by atoms with E-state index in [-0.39, 0.29) is 11.3 Å². The Bertz CT molecular complexity index is 1270. The Morgan fingerprint density at radius 1 is 1.06 bits per heavy atom. The smallest absolute Gasteiger partial charge is 0.204 e. The number of H-pyrrole nitrogens is 1. The van der Waals surface area contributed by atoms with E-state index in [0.29, 0.717) is 39.3 Å². The van der Waals surface area contributed by atoms with Crippen LogP contribution in [0.5, 0.6) is 5.88 Å². The van der Waals surface area contributed by atoms with Crippen molar-refractivity contribution in [3.63, 3.8) is 0 Å². The molecule has 0 atom stereocenters. The lowest BCUT2D eigenvalue weighted by molar-refractivity contribution is 0.168. The van der Waals surface area contributed by atoms with Crippen molar-refractivity contribution >= 4 is 33.4 Å². The predicted octanol–water partition coefficient (Wildman–Crippen LogP) is 5.14. The number of rotatable bonds is 5. The number of likely N-dealkylation sites (tertiary alicyclic amines) is 1. The number of aromatic hydroxyl groups is 1. The molecule has 6 heteroatoms. The number of piperidine rings is 1. The zero-order valence-corrected chi connectivity index (χ0v) is 18.1. The molecule has 160 valence electrons. The van der Waals surface area contributed by atoms with E-state index in [2.05, 4.69) is 40.2 Å². The van der Waals surface area contributed by atoms with Gasteiger partial charge in [-0.15, -0.1) is 0 Å². The highest BCUT2D eigenvalue weighted by Gasteiger charge is 2.21. The van der Waals surface area contributed by atoms with Crippen molar-refractivity contribution in [3.8, 4) is 5.88 Å². The maximum atomic E-state index is 12.9. The molecule has 1 saturated heterocycles. The normalized spacial score (nSPS) is 15.8. The second kappa shape index (κ2) is 8.40. The molecule has 0 aliphatic carbocycles. The summed E-state index contributed by atoms with van der Waals surface area (Å²) in [5, 5.41) is 12.2. The Morgan fingerprint density at radius 3 is 2.61 bits per heavy atom. The number of aryl methyl sites for hydroxylation is 1. The second-order valence-corrected chi connectivity index (χ2v) is 9.01. The van der Waals surface area contributed by atoms with Gasteiger partial charge < -0.3 is 14.7 Å². The SMILES string of the molecule is O=c1c2ccc(Cl)cc2[nH]c2cn(CCC3CCN(Cc4ccccc4)CC3)c(O)c12. The van der Waals surface area contributed by atoms with Crippen molar-refractivity contribution in [3.05, 3.63) is 75.5 Å². The molecule has 0 unspecified atom stereocenters. The zero-order chi connectivity index (χ0) is 21.4. The van der Waals surface area contributed by atoms with Crippen molar-refractivity contribution in [1.29, 1.82) is 0 Å². The minimum atomic E-state index is -0.161. The van der Waals surface area contributed by atoms with Gasteiger partial charge in [0, 0.05) is 29.7 Å². The number of fused-ring (bicyclic) bond motifs is 2. The number of aromatic nitrogens is 2. The van der Waals surface area contributed by atoms with E-state index in [4.69, 9.17) is 11.6 Å². The van der Waals surface area contributed by atoms with Gasteiger partial charge in [-0.25, -0.2) is 0 Å². The Hall–Kier alpha value is -2.76. The maximum absolute atomic E-state index is 12.9. The van der Waals surface area contributed by atoms with Gasteiger partial charge in [-0.2, -0.15) is 0 Å². The van der Waals surface area contributed by atoms with E-state index < -0.39 is 0 Å². The largest absolute Gasteiger partial charge is 0.494 e. The molecule has 0 bridgehead atoms. The van der Waals surface area contributed by atoms with Gasteiger partial charge in [-0.05, 0) is 62.0 Å². The van der Waals surface area contributed by atoms with Crippen LogP contribution in [-0.2, 0) is 13.1 Å². The van der Waals surface area contributed by atoms with Crippen LogP contribution in [-0.4, -0.2) is 32.6 Å². The number of halogens is 1. The van der Waals surface area contributed by atoms with Crippen LogP contribution >= 0.6 is 11.6 Å². The Kier molecular flexibility index (Phi) is 5.47. The molecule has 5 nitrogen and oxygen atoms in total. The highest BCUT2D eigenvalue weighted by molar-refractivity contribution is 6.31. The second-order valence-electron chi connectivity index (χ2n) is 8.57. The molecular formula is C25H26ClN3O2. The molecule has 0 amide bonds. The standard InChI is InChI=1S/C25H26ClN3O2/c26-19-6-7-20-21(14-19)27-22-16-29(25(31)23(22)24(20)30)13-10-17-8-11-28(12-9-17)15-18-4-2-1-3-5-18/h1-7,14,16-17,27,31H,8-13,15H2. The molecule has 4 aromatic rings. The van der Waals surface area contributed by atoms with Crippen molar-refractivity contribution in [2.24, 2.45) is 5.92 Å². The van der Waals surface area contributed by atoms with Crippen LogP contribution in [0.2, 0.25) is 5.02 Å². The number of benzene rings is 2. The molecule has 1 fully saturated rings. The van der Waals surface area contributed by atoms with E-state index in [0.717, 1.165) is 38.9 Å². The molecule has 3 heterocycles.